The second-order valence-electron chi connectivity index (χ2n) is 7.62. The Morgan fingerprint density at radius 3 is 2.10 bits per heavy atom. The highest BCUT2D eigenvalue weighted by atomic mass is 31.2. The van der Waals surface area contributed by atoms with Crippen molar-refractivity contribution in [3.63, 3.8) is 0 Å². The second kappa shape index (κ2) is 10.8. The third-order valence-corrected chi connectivity index (χ3v) is 6.21. The molecule has 0 aromatic heterocycles. The molecule has 1 saturated heterocycles. The predicted octanol–water partition coefficient (Wildman–Crippen LogP) is 7.20. The molecule has 3 heterocycles. The van der Waals surface area contributed by atoms with Gasteiger partial charge in [-0.15, -0.1) is 0 Å². The molecule has 7 heteroatoms. The molecule has 3 aliphatic rings. The van der Waals surface area contributed by atoms with Crippen molar-refractivity contribution >= 4 is 7.82 Å². The van der Waals surface area contributed by atoms with Gasteiger partial charge in [0.05, 0.1) is 0 Å². The van der Waals surface area contributed by atoms with Crippen LogP contribution in [0.1, 0.15) is 83.6 Å². The van der Waals surface area contributed by atoms with E-state index in [1.807, 2.05) is 12.1 Å². The zero-order valence-electron chi connectivity index (χ0n) is 17.6. The van der Waals surface area contributed by atoms with Crippen LogP contribution in [0.15, 0.2) is 36.2 Å². The van der Waals surface area contributed by atoms with Gasteiger partial charge < -0.3 is 23.0 Å². The Kier molecular flexibility index (Phi) is 8.17. The van der Waals surface area contributed by atoms with E-state index >= 15 is 0 Å². The van der Waals surface area contributed by atoms with Crippen LogP contribution in [0.25, 0.3) is 0 Å². The minimum atomic E-state index is -3.41. The first-order chi connectivity index (χ1) is 14.1. The normalized spacial score (nSPS) is 17.0. The summed E-state index contributed by atoms with van der Waals surface area (Å²) in [5, 5.41) is 0. The first kappa shape index (κ1) is 21.9. The van der Waals surface area contributed by atoms with Gasteiger partial charge in [-0.25, -0.2) is 0 Å². The highest BCUT2D eigenvalue weighted by molar-refractivity contribution is 7.50. The molecule has 3 aliphatic heterocycles. The van der Waals surface area contributed by atoms with Gasteiger partial charge >= 0.3 is 19.7 Å². The van der Waals surface area contributed by atoms with Crippen LogP contribution in [-0.2, 0) is 29.3 Å². The minimum absolute atomic E-state index is 0.0273. The molecular weight excluding hydrogens is 391 g/mol. The van der Waals surface area contributed by atoms with Crippen LogP contribution in [0.5, 0.6) is 5.75 Å². The van der Waals surface area contributed by atoms with Gasteiger partial charge in [-0.1, -0.05) is 70.9 Å². The molecule has 0 radical (unpaired) electrons. The SMILES string of the molecule is CCCCCCCC(OC1=C2OP(=O)(O1)O2)Oc1ccc(CCCCCC)cc1. The van der Waals surface area contributed by atoms with Gasteiger partial charge in [0, 0.05) is 6.42 Å². The Balaban J connectivity index is 1.51. The van der Waals surface area contributed by atoms with E-state index in [1.54, 1.807) is 0 Å². The summed E-state index contributed by atoms with van der Waals surface area (Å²) < 4.78 is 38.5. The van der Waals surface area contributed by atoms with Crippen molar-refractivity contribution in [1.29, 1.82) is 0 Å². The molecule has 162 valence electrons. The van der Waals surface area contributed by atoms with Crippen LogP contribution < -0.4 is 4.74 Å². The number of unbranched alkanes of at least 4 members (excludes halogenated alkanes) is 7. The number of benzene rings is 1. The summed E-state index contributed by atoms with van der Waals surface area (Å²) in [6, 6.07) is 8.17. The Morgan fingerprint density at radius 1 is 0.828 bits per heavy atom. The largest absolute Gasteiger partial charge is 0.654 e. The number of hydrogen-bond donors (Lipinski definition) is 0. The van der Waals surface area contributed by atoms with E-state index in [0.29, 0.717) is 6.42 Å². The molecule has 0 saturated carbocycles. The summed E-state index contributed by atoms with van der Waals surface area (Å²) >= 11 is 0. The molecular formula is C22H33O6P. The molecule has 29 heavy (non-hydrogen) atoms. The lowest BCUT2D eigenvalue weighted by molar-refractivity contribution is -0.0804. The summed E-state index contributed by atoms with van der Waals surface area (Å²) in [6.45, 7) is 4.42. The number of hydrogen-bond acceptors (Lipinski definition) is 6. The van der Waals surface area contributed by atoms with E-state index < -0.39 is 14.1 Å². The van der Waals surface area contributed by atoms with Crippen molar-refractivity contribution < 1.29 is 27.6 Å². The lowest BCUT2D eigenvalue weighted by Crippen LogP contribution is -2.20. The minimum Gasteiger partial charge on any atom is -0.455 e. The van der Waals surface area contributed by atoms with E-state index in [1.165, 1.54) is 50.5 Å². The highest BCUT2D eigenvalue weighted by Gasteiger charge is 2.58. The fraction of sp³-hybridized carbons (Fsp3) is 0.636. The van der Waals surface area contributed by atoms with Crippen LogP contribution in [-0.4, -0.2) is 6.29 Å². The molecule has 1 fully saturated rings. The van der Waals surface area contributed by atoms with Crippen LogP contribution in [0.3, 0.4) is 0 Å². The number of aryl methyl sites for hydroxylation is 1. The molecule has 4 rings (SSSR count). The molecule has 1 unspecified atom stereocenters. The third kappa shape index (κ3) is 6.60. The van der Waals surface area contributed by atoms with E-state index in [4.69, 9.17) is 23.0 Å². The number of phosphoric ester groups is 1. The maximum Gasteiger partial charge on any atom is 0.654 e. The molecule has 2 bridgehead atoms. The van der Waals surface area contributed by atoms with Gasteiger partial charge in [-0.3, -0.25) is 0 Å². The monoisotopic (exact) mass is 424 g/mol. The van der Waals surface area contributed by atoms with Crippen molar-refractivity contribution in [2.75, 3.05) is 0 Å². The number of fused-ring (bicyclic) bond motifs is 1. The lowest BCUT2D eigenvalue weighted by atomic mass is 10.1. The lowest BCUT2D eigenvalue weighted by Gasteiger charge is -2.19. The Morgan fingerprint density at radius 2 is 1.48 bits per heavy atom. The molecule has 0 spiro atoms. The fourth-order valence-corrected chi connectivity index (χ4v) is 4.31. The van der Waals surface area contributed by atoms with Gasteiger partial charge in [-0.05, 0) is 37.0 Å². The average Bonchev–Trinajstić information content (AvgIpc) is 3.18. The van der Waals surface area contributed by atoms with Gasteiger partial charge in [-0.2, -0.15) is 4.57 Å². The summed E-state index contributed by atoms with van der Waals surface area (Å²) in [6.07, 6.45) is 12.0. The fourth-order valence-electron chi connectivity index (χ4n) is 3.35. The van der Waals surface area contributed by atoms with Crippen molar-refractivity contribution in [3.8, 4) is 5.75 Å². The summed E-state index contributed by atoms with van der Waals surface area (Å²) in [4.78, 5) is 0. The van der Waals surface area contributed by atoms with E-state index in [-0.39, 0.29) is 11.9 Å². The van der Waals surface area contributed by atoms with Gasteiger partial charge in [0.1, 0.15) is 5.75 Å². The summed E-state index contributed by atoms with van der Waals surface area (Å²) in [5.41, 5.74) is 1.32. The first-order valence-corrected chi connectivity index (χ1v) is 12.4. The third-order valence-electron chi connectivity index (χ3n) is 5.04. The molecule has 0 aliphatic carbocycles. The van der Waals surface area contributed by atoms with E-state index in [0.717, 1.165) is 25.0 Å². The Bertz CT molecular complexity index is 703. The molecule has 1 atom stereocenters. The summed E-state index contributed by atoms with van der Waals surface area (Å²) in [5.74, 6) is 0.819. The highest BCUT2D eigenvalue weighted by Crippen LogP contribution is 2.70. The molecule has 6 nitrogen and oxygen atoms in total. The number of phosphoric acid groups is 1. The van der Waals surface area contributed by atoms with Crippen LogP contribution in [0.2, 0.25) is 0 Å². The smallest absolute Gasteiger partial charge is 0.455 e. The van der Waals surface area contributed by atoms with Crippen LogP contribution in [0, 0.1) is 0 Å². The van der Waals surface area contributed by atoms with E-state index in [9.17, 15) is 4.57 Å². The molecule has 0 N–H and O–H groups in total. The maximum atomic E-state index is 11.7. The molecule has 1 aromatic carbocycles. The van der Waals surface area contributed by atoms with Crippen molar-refractivity contribution in [3.05, 3.63) is 41.7 Å². The Labute approximate surface area is 174 Å². The standard InChI is InChI=1S/C22H33O6P/c1-3-5-7-9-11-13-20(25-21-22-27-29(23,26-21)28-22)24-19-16-14-18(15-17-19)12-10-8-6-4-2/h14-17,20H,3-13H2,1-2H3. The Hall–Kier alpha value is -1.81. The zero-order chi connectivity index (χ0) is 20.5. The molecule has 1 aromatic rings. The molecule has 0 amide bonds. The zero-order valence-corrected chi connectivity index (χ0v) is 18.5. The quantitative estimate of drug-likeness (QED) is 0.168. The summed E-state index contributed by atoms with van der Waals surface area (Å²) in [7, 11) is -3.41. The van der Waals surface area contributed by atoms with E-state index in [2.05, 4.69) is 26.0 Å². The van der Waals surface area contributed by atoms with Crippen LogP contribution in [0.4, 0.5) is 0 Å². The van der Waals surface area contributed by atoms with Crippen molar-refractivity contribution in [2.24, 2.45) is 0 Å². The predicted molar refractivity (Wildman–Crippen MR) is 111 cm³/mol. The van der Waals surface area contributed by atoms with Crippen LogP contribution >= 0.6 is 7.82 Å². The second-order valence-corrected chi connectivity index (χ2v) is 9.06. The van der Waals surface area contributed by atoms with Crippen molar-refractivity contribution in [1.82, 2.24) is 0 Å². The van der Waals surface area contributed by atoms with Gasteiger partial charge in [0.15, 0.2) is 0 Å². The van der Waals surface area contributed by atoms with Crippen molar-refractivity contribution in [2.45, 2.75) is 90.8 Å². The number of rotatable bonds is 15. The van der Waals surface area contributed by atoms with Gasteiger partial charge in [0.25, 0.3) is 0 Å². The topological polar surface area (TPSA) is 63.2 Å². The van der Waals surface area contributed by atoms with Gasteiger partial charge in [0.2, 0.25) is 6.29 Å². The number of ether oxygens (including phenoxy) is 2. The average molecular weight is 424 g/mol. The first-order valence-electron chi connectivity index (χ1n) is 11.0. The maximum absolute atomic E-state index is 11.7.